The molecule has 0 amide bonds. The average Bonchev–Trinajstić information content (AvgIpc) is 2.65. The molecule has 0 bridgehead atoms. The van der Waals surface area contributed by atoms with Crippen LogP contribution in [-0.2, 0) is 7.05 Å². The molecule has 74 valence electrons. The van der Waals surface area contributed by atoms with Gasteiger partial charge in [0, 0.05) is 29.4 Å². The van der Waals surface area contributed by atoms with Gasteiger partial charge in [-0.15, -0.1) is 0 Å². The fourth-order valence-corrected chi connectivity index (χ4v) is 1.44. The Hall–Kier alpha value is -2.26. The normalized spacial score (nSPS) is 9.67. The second-order valence-corrected chi connectivity index (χ2v) is 3.08. The van der Waals surface area contributed by atoms with Gasteiger partial charge in [0.25, 0.3) is 0 Å². The zero-order valence-electron chi connectivity index (χ0n) is 8.20. The van der Waals surface area contributed by atoms with Gasteiger partial charge in [-0.3, -0.25) is 4.68 Å². The fraction of sp³-hybridized carbons (Fsp3) is 0.100. The molecule has 2 rings (SSSR count). The first-order valence-corrected chi connectivity index (χ1v) is 4.45. The number of azide groups is 1. The quantitative estimate of drug-likeness (QED) is 0.416. The third-order valence-corrected chi connectivity index (χ3v) is 2.12. The Morgan fingerprint density at radius 1 is 1.40 bits per heavy atom. The Morgan fingerprint density at radius 3 is 2.93 bits per heavy atom. The third kappa shape index (κ3) is 1.82. The summed E-state index contributed by atoms with van der Waals surface area (Å²) in [6, 6.07) is 9.31. The molecule has 0 saturated carbocycles. The maximum Gasteiger partial charge on any atom is 0.0678 e. The van der Waals surface area contributed by atoms with E-state index >= 15 is 0 Å². The van der Waals surface area contributed by atoms with Gasteiger partial charge in [-0.1, -0.05) is 23.3 Å². The molecular weight excluding hydrogens is 190 g/mol. The highest BCUT2D eigenvalue weighted by Gasteiger charge is 2.01. The summed E-state index contributed by atoms with van der Waals surface area (Å²) in [4.78, 5) is 2.75. The van der Waals surface area contributed by atoms with Crippen molar-refractivity contribution in [1.82, 2.24) is 9.78 Å². The van der Waals surface area contributed by atoms with Gasteiger partial charge in [0.1, 0.15) is 0 Å². The Bertz CT molecular complexity index is 522. The molecule has 0 atom stereocenters. The van der Waals surface area contributed by atoms with Crippen LogP contribution in [0.5, 0.6) is 0 Å². The fourth-order valence-electron chi connectivity index (χ4n) is 1.44. The molecule has 0 N–H and O–H groups in total. The minimum absolute atomic E-state index is 0.608. The second kappa shape index (κ2) is 3.86. The Labute approximate surface area is 86.6 Å². The summed E-state index contributed by atoms with van der Waals surface area (Å²) < 4.78 is 1.77. The van der Waals surface area contributed by atoms with E-state index in [-0.39, 0.29) is 0 Å². The van der Waals surface area contributed by atoms with Gasteiger partial charge >= 0.3 is 0 Å². The van der Waals surface area contributed by atoms with Crippen molar-refractivity contribution in [1.29, 1.82) is 0 Å². The Kier molecular flexibility index (Phi) is 2.39. The van der Waals surface area contributed by atoms with Crippen molar-refractivity contribution in [3.8, 4) is 11.3 Å². The molecule has 0 aliphatic rings. The molecule has 0 radical (unpaired) electrons. The average molecular weight is 199 g/mol. The van der Waals surface area contributed by atoms with E-state index in [9.17, 15) is 0 Å². The number of nitrogens with zero attached hydrogens (tertiary/aromatic N) is 5. The topological polar surface area (TPSA) is 66.6 Å². The van der Waals surface area contributed by atoms with Gasteiger partial charge in [0.05, 0.1) is 5.69 Å². The van der Waals surface area contributed by atoms with Gasteiger partial charge in [-0.05, 0) is 17.7 Å². The van der Waals surface area contributed by atoms with Crippen LogP contribution in [-0.4, -0.2) is 9.78 Å². The summed E-state index contributed by atoms with van der Waals surface area (Å²) in [7, 11) is 1.87. The SMILES string of the molecule is Cn1nccc1-c1cccc(N=[N+]=[N-])c1. The lowest BCUT2D eigenvalue weighted by Crippen LogP contribution is -1.92. The molecule has 1 aromatic carbocycles. The monoisotopic (exact) mass is 199 g/mol. The van der Waals surface area contributed by atoms with E-state index in [1.54, 1.807) is 16.9 Å². The highest BCUT2D eigenvalue weighted by Crippen LogP contribution is 2.23. The van der Waals surface area contributed by atoms with Crippen LogP contribution in [0.25, 0.3) is 21.7 Å². The zero-order valence-corrected chi connectivity index (χ0v) is 8.20. The highest BCUT2D eigenvalue weighted by molar-refractivity contribution is 5.63. The van der Waals surface area contributed by atoms with E-state index < -0.39 is 0 Å². The lowest BCUT2D eigenvalue weighted by Gasteiger charge is -2.02. The Balaban J connectivity index is 2.50. The van der Waals surface area contributed by atoms with Crippen LogP contribution in [0.4, 0.5) is 5.69 Å². The van der Waals surface area contributed by atoms with E-state index in [4.69, 9.17) is 5.53 Å². The van der Waals surface area contributed by atoms with Crippen LogP contribution in [0.15, 0.2) is 41.6 Å². The van der Waals surface area contributed by atoms with Crippen molar-refractivity contribution in [2.45, 2.75) is 0 Å². The van der Waals surface area contributed by atoms with Gasteiger partial charge in [-0.2, -0.15) is 5.10 Å². The lowest BCUT2D eigenvalue weighted by molar-refractivity contribution is 0.776. The van der Waals surface area contributed by atoms with Crippen LogP contribution in [0.3, 0.4) is 0 Å². The number of aryl methyl sites for hydroxylation is 1. The standard InChI is InChI=1S/C10H9N5/c1-15-10(5-6-12-15)8-3-2-4-9(7-8)13-14-11/h2-7H,1H3. The first kappa shape index (κ1) is 9.30. The number of hydrogen-bond acceptors (Lipinski definition) is 2. The molecule has 5 nitrogen and oxygen atoms in total. The van der Waals surface area contributed by atoms with Crippen LogP contribution in [0.1, 0.15) is 0 Å². The molecule has 1 heterocycles. The first-order valence-electron chi connectivity index (χ1n) is 4.45. The van der Waals surface area contributed by atoms with Crippen molar-refractivity contribution in [3.05, 3.63) is 47.0 Å². The van der Waals surface area contributed by atoms with E-state index in [0.29, 0.717) is 5.69 Å². The summed E-state index contributed by atoms with van der Waals surface area (Å²) in [5, 5.41) is 7.64. The van der Waals surface area contributed by atoms with Crippen LogP contribution >= 0.6 is 0 Å². The first-order chi connectivity index (χ1) is 7.31. The van der Waals surface area contributed by atoms with Gasteiger partial charge in [0.2, 0.25) is 0 Å². The Morgan fingerprint density at radius 2 is 2.27 bits per heavy atom. The summed E-state index contributed by atoms with van der Waals surface area (Å²) in [5.74, 6) is 0. The predicted molar refractivity (Wildman–Crippen MR) is 57.5 cm³/mol. The summed E-state index contributed by atoms with van der Waals surface area (Å²) in [5.41, 5.74) is 10.9. The molecule has 0 saturated heterocycles. The van der Waals surface area contributed by atoms with Crippen molar-refractivity contribution >= 4 is 5.69 Å². The van der Waals surface area contributed by atoms with E-state index in [2.05, 4.69) is 15.1 Å². The molecule has 0 aliphatic heterocycles. The molecule has 15 heavy (non-hydrogen) atoms. The van der Waals surface area contributed by atoms with Gasteiger partial charge in [-0.25, -0.2) is 0 Å². The van der Waals surface area contributed by atoms with Crippen LogP contribution in [0.2, 0.25) is 0 Å². The summed E-state index contributed by atoms with van der Waals surface area (Å²) in [6.45, 7) is 0. The molecule has 0 aliphatic carbocycles. The zero-order chi connectivity index (χ0) is 10.7. The van der Waals surface area contributed by atoms with Crippen LogP contribution < -0.4 is 0 Å². The number of rotatable bonds is 2. The summed E-state index contributed by atoms with van der Waals surface area (Å²) in [6.07, 6.45) is 1.73. The molecule has 5 heteroatoms. The molecular formula is C10H9N5. The van der Waals surface area contributed by atoms with Crippen molar-refractivity contribution in [2.24, 2.45) is 12.2 Å². The van der Waals surface area contributed by atoms with Crippen molar-refractivity contribution in [2.75, 3.05) is 0 Å². The number of aromatic nitrogens is 2. The summed E-state index contributed by atoms with van der Waals surface area (Å²) >= 11 is 0. The van der Waals surface area contributed by atoms with Gasteiger partial charge in [0.15, 0.2) is 0 Å². The smallest absolute Gasteiger partial charge is 0.0678 e. The minimum atomic E-state index is 0.608. The van der Waals surface area contributed by atoms with Crippen molar-refractivity contribution in [3.63, 3.8) is 0 Å². The van der Waals surface area contributed by atoms with E-state index in [0.717, 1.165) is 11.3 Å². The lowest BCUT2D eigenvalue weighted by atomic mass is 10.1. The maximum absolute atomic E-state index is 8.34. The number of hydrogen-bond donors (Lipinski definition) is 0. The third-order valence-electron chi connectivity index (χ3n) is 2.12. The minimum Gasteiger partial charge on any atom is -0.268 e. The molecule has 2 aromatic rings. The second-order valence-electron chi connectivity index (χ2n) is 3.08. The van der Waals surface area contributed by atoms with E-state index in [1.807, 2.05) is 31.3 Å². The van der Waals surface area contributed by atoms with Crippen LogP contribution in [0, 0.1) is 0 Å². The predicted octanol–water partition coefficient (Wildman–Crippen LogP) is 3.03. The molecule has 0 spiro atoms. The van der Waals surface area contributed by atoms with E-state index in [1.165, 1.54) is 0 Å². The highest BCUT2D eigenvalue weighted by atomic mass is 15.3. The maximum atomic E-state index is 8.34. The molecule has 0 unspecified atom stereocenters. The molecule has 0 fully saturated rings. The molecule has 1 aromatic heterocycles. The number of benzene rings is 1. The van der Waals surface area contributed by atoms with Gasteiger partial charge < -0.3 is 0 Å². The largest absolute Gasteiger partial charge is 0.268 e. The van der Waals surface area contributed by atoms with Crippen molar-refractivity contribution < 1.29 is 0 Å².